The van der Waals surface area contributed by atoms with Crippen LogP contribution in [0, 0.1) is 11.7 Å². The fourth-order valence-electron chi connectivity index (χ4n) is 6.23. The van der Waals surface area contributed by atoms with Gasteiger partial charge in [0, 0.05) is 19.0 Å². The van der Waals surface area contributed by atoms with Crippen LogP contribution in [-0.2, 0) is 11.2 Å². The second-order valence-electron chi connectivity index (χ2n) is 11.2. The van der Waals surface area contributed by atoms with Crippen molar-refractivity contribution < 1.29 is 33.3 Å². The number of amides is 2. The van der Waals surface area contributed by atoms with Gasteiger partial charge in [0.05, 0.1) is 31.4 Å². The summed E-state index contributed by atoms with van der Waals surface area (Å²) < 4.78 is 32.3. The van der Waals surface area contributed by atoms with E-state index in [1.54, 1.807) is 7.11 Å². The molecule has 0 aromatic heterocycles. The van der Waals surface area contributed by atoms with E-state index in [9.17, 15) is 19.1 Å². The van der Waals surface area contributed by atoms with Crippen LogP contribution in [0.3, 0.4) is 0 Å². The monoisotopic (exact) mass is 574 g/mol. The van der Waals surface area contributed by atoms with Gasteiger partial charge in [0.2, 0.25) is 5.91 Å². The van der Waals surface area contributed by atoms with Crippen molar-refractivity contribution in [2.45, 2.75) is 50.7 Å². The lowest BCUT2D eigenvalue weighted by molar-refractivity contribution is -0.139. The van der Waals surface area contributed by atoms with Crippen molar-refractivity contribution in [2.75, 3.05) is 26.8 Å². The summed E-state index contributed by atoms with van der Waals surface area (Å²) in [5, 5.41) is 12.8. The van der Waals surface area contributed by atoms with Crippen molar-refractivity contribution >= 4 is 11.8 Å². The number of halogens is 1. The van der Waals surface area contributed by atoms with E-state index in [4.69, 9.17) is 14.2 Å². The molecule has 0 saturated heterocycles. The van der Waals surface area contributed by atoms with Gasteiger partial charge >= 0.3 is 0 Å². The van der Waals surface area contributed by atoms with Gasteiger partial charge in [-0.05, 0) is 97.7 Å². The van der Waals surface area contributed by atoms with Gasteiger partial charge in [-0.1, -0.05) is 12.1 Å². The average molecular weight is 575 g/mol. The van der Waals surface area contributed by atoms with E-state index in [-0.39, 0.29) is 36.1 Å². The zero-order valence-corrected chi connectivity index (χ0v) is 23.6. The van der Waals surface area contributed by atoms with Crippen molar-refractivity contribution in [3.8, 4) is 23.0 Å². The zero-order chi connectivity index (χ0) is 29.2. The molecule has 9 heteroatoms. The molecule has 0 spiro atoms. The van der Waals surface area contributed by atoms with Crippen LogP contribution in [0.4, 0.5) is 4.39 Å². The van der Waals surface area contributed by atoms with Crippen molar-refractivity contribution in [3.63, 3.8) is 0 Å². The number of benzene rings is 3. The maximum atomic E-state index is 14.5. The molecule has 4 aliphatic rings. The third-order valence-corrected chi connectivity index (χ3v) is 8.46. The number of hydrogen-bond donors (Lipinski definition) is 2. The van der Waals surface area contributed by atoms with Gasteiger partial charge in [-0.15, -0.1) is 0 Å². The number of rotatable bonds is 2. The summed E-state index contributed by atoms with van der Waals surface area (Å²) in [6.45, 7) is 1.11. The number of carbonyl (C=O) groups is 2. The molecule has 2 N–H and O–H groups in total. The zero-order valence-electron chi connectivity index (χ0n) is 23.6. The van der Waals surface area contributed by atoms with E-state index in [2.05, 4.69) is 5.32 Å². The van der Waals surface area contributed by atoms with Crippen molar-refractivity contribution in [1.82, 2.24) is 10.2 Å². The minimum Gasteiger partial charge on any atom is -0.493 e. The number of hydrogen-bond acceptors (Lipinski definition) is 6. The van der Waals surface area contributed by atoms with E-state index < -0.39 is 11.7 Å². The highest BCUT2D eigenvalue weighted by atomic mass is 19.1. The van der Waals surface area contributed by atoms with E-state index in [1.165, 1.54) is 18.2 Å². The third kappa shape index (κ3) is 5.66. The molecule has 220 valence electrons. The Kier molecular flexibility index (Phi) is 8.02. The first kappa shape index (κ1) is 28.0. The Morgan fingerprint density at radius 3 is 2.64 bits per heavy atom. The van der Waals surface area contributed by atoms with Crippen LogP contribution in [0.25, 0.3) is 0 Å². The van der Waals surface area contributed by atoms with E-state index in [0.717, 1.165) is 16.7 Å². The highest BCUT2D eigenvalue weighted by Gasteiger charge is 2.37. The maximum absolute atomic E-state index is 14.5. The lowest BCUT2D eigenvalue weighted by atomic mass is 9.83. The quantitative estimate of drug-likeness (QED) is 0.439. The molecule has 8 nitrogen and oxygen atoms in total. The minimum absolute atomic E-state index is 0.0914. The number of aliphatic hydroxyl groups is 1. The maximum Gasteiger partial charge on any atom is 0.254 e. The largest absolute Gasteiger partial charge is 0.493 e. The molecule has 8 bridgehead atoms. The van der Waals surface area contributed by atoms with Gasteiger partial charge in [-0.2, -0.15) is 0 Å². The number of nitrogens with one attached hydrogen (secondary N) is 1. The lowest BCUT2D eigenvalue weighted by Crippen LogP contribution is -2.44. The molecule has 3 aliphatic heterocycles. The first-order valence-electron chi connectivity index (χ1n) is 14.6. The van der Waals surface area contributed by atoms with Gasteiger partial charge in [-0.25, -0.2) is 4.39 Å². The highest BCUT2D eigenvalue weighted by molar-refractivity contribution is 5.94. The molecule has 1 unspecified atom stereocenters. The second-order valence-corrected chi connectivity index (χ2v) is 11.2. The molecule has 7 rings (SSSR count). The minimum atomic E-state index is -0.627. The molecule has 3 aromatic rings. The lowest BCUT2D eigenvalue weighted by Gasteiger charge is -2.40. The summed E-state index contributed by atoms with van der Waals surface area (Å²) in [7, 11) is 1.58. The van der Waals surface area contributed by atoms with Crippen LogP contribution in [0.5, 0.6) is 23.0 Å². The van der Waals surface area contributed by atoms with Crippen molar-refractivity contribution in [2.24, 2.45) is 5.92 Å². The molecule has 42 heavy (non-hydrogen) atoms. The fraction of sp³-hybridized carbons (Fsp3) is 0.394. The van der Waals surface area contributed by atoms with Crippen LogP contribution in [0.2, 0.25) is 0 Å². The molecule has 1 atom stereocenters. The normalized spacial score (nSPS) is 22.2. The number of methoxy groups -OCH3 is 1. The standard InChI is InChI=1S/C33H35FN2O6/c1-40-29-12-5-22-18-30(29)41-16-2-14-35-32(38)27-19-25(9-11-28(27)34)42-24-8-10-26-21(17-24)13-15-36(31(22)26)33(39)20-3-6-23(37)7-4-20/h5,8-12,17-20,23,31,37H,2-4,6-7,13-16H2,1H3,(H,35,38). The molecular formula is C33H35FN2O6. The summed E-state index contributed by atoms with van der Waals surface area (Å²) >= 11 is 0. The fourth-order valence-corrected chi connectivity index (χ4v) is 6.23. The molecule has 1 fully saturated rings. The van der Waals surface area contributed by atoms with Gasteiger partial charge in [-0.3, -0.25) is 9.59 Å². The summed E-state index contributed by atoms with van der Waals surface area (Å²) in [4.78, 5) is 28.6. The van der Waals surface area contributed by atoms with Gasteiger partial charge < -0.3 is 29.5 Å². The SMILES string of the molecule is COc1ccc2cc1OCCCNC(=O)c1cc(ccc1F)Oc1ccc3c(c1)CCN(C(=O)C1CCC(O)CC1)C23. The van der Waals surface area contributed by atoms with Crippen LogP contribution in [-0.4, -0.2) is 54.7 Å². The third-order valence-electron chi connectivity index (χ3n) is 8.46. The second kappa shape index (κ2) is 12.0. The van der Waals surface area contributed by atoms with E-state index in [1.807, 2.05) is 41.3 Å². The Hall–Kier alpha value is -4.11. The molecule has 3 heterocycles. The van der Waals surface area contributed by atoms with Crippen LogP contribution in [0.1, 0.15) is 65.2 Å². The van der Waals surface area contributed by atoms with Crippen LogP contribution >= 0.6 is 0 Å². The van der Waals surface area contributed by atoms with Crippen molar-refractivity contribution in [3.05, 3.63) is 82.7 Å². The van der Waals surface area contributed by atoms with Crippen LogP contribution < -0.4 is 19.5 Å². The molecule has 0 radical (unpaired) electrons. The van der Waals surface area contributed by atoms with Gasteiger partial charge in [0.25, 0.3) is 5.91 Å². The predicted octanol–water partition coefficient (Wildman–Crippen LogP) is 5.16. The van der Waals surface area contributed by atoms with Gasteiger partial charge in [0.15, 0.2) is 11.5 Å². The summed E-state index contributed by atoms with van der Waals surface area (Å²) in [5.41, 5.74) is 2.85. The number of aliphatic hydroxyl groups excluding tert-OH is 1. The number of fused-ring (bicyclic) bond motifs is 6. The predicted molar refractivity (Wildman–Crippen MR) is 154 cm³/mol. The summed E-state index contributed by atoms with van der Waals surface area (Å²) in [5.74, 6) is 0.856. The number of carbonyl (C=O) groups excluding carboxylic acids is 2. The highest BCUT2D eigenvalue weighted by Crippen LogP contribution is 2.42. The summed E-state index contributed by atoms with van der Waals surface area (Å²) in [6.07, 6.45) is 3.42. The van der Waals surface area contributed by atoms with E-state index >= 15 is 0 Å². The van der Waals surface area contributed by atoms with Gasteiger partial charge in [0.1, 0.15) is 17.3 Å². The Morgan fingerprint density at radius 2 is 1.83 bits per heavy atom. The first-order chi connectivity index (χ1) is 20.4. The molecule has 1 saturated carbocycles. The average Bonchev–Trinajstić information content (AvgIpc) is 3.00. The molecule has 3 aromatic carbocycles. The van der Waals surface area contributed by atoms with Crippen LogP contribution in [0.15, 0.2) is 54.6 Å². The topological polar surface area (TPSA) is 97.3 Å². The smallest absolute Gasteiger partial charge is 0.254 e. The Balaban J connectivity index is 1.42. The molecular weight excluding hydrogens is 539 g/mol. The Morgan fingerprint density at radius 1 is 1.05 bits per heavy atom. The number of ether oxygens (including phenoxy) is 3. The van der Waals surface area contributed by atoms with Crippen molar-refractivity contribution in [1.29, 1.82) is 0 Å². The molecule has 1 aliphatic carbocycles. The Labute approximate surface area is 244 Å². The summed E-state index contributed by atoms with van der Waals surface area (Å²) in [6, 6.07) is 15.3. The first-order valence-corrected chi connectivity index (χ1v) is 14.6. The Bertz CT molecular complexity index is 1490. The van der Waals surface area contributed by atoms with E-state index in [0.29, 0.717) is 74.7 Å². The molecule has 2 amide bonds. The number of nitrogens with zero attached hydrogens (tertiary/aromatic N) is 1.